The summed E-state index contributed by atoms with van der Waals surface area (Å²) in [5, 5.41) is 3.37. The number of ether oxygens (including phenoxy) is 2. The molecule has 24 heavy (non-hydrogen) atoms. The van der Waals surface area contributed by atoms with Crippen LogP contribution in [0.15, 0.2) is 35.5 Å². The number of rotatable bonds is 5. The Hall–Kier alpha value is -1.97. The number of carbonyl (C=O) groups is 1. The van der Waals surface area contributed by atoms with Crippen molar-refractivity contribution in [3.8, 4) is 5.75 Å². The van der Waals surface area contributed by atoms with Crippen LogP contribution in [0, 0.1) is 5.92 Å². The molecule has 2 aliphatic rings. The molecule has 0 fully saturated rings. The van der Waals surface area contributed by atoms with E-state index < -0.39 is 5.72 Å². The molecule has 4 heteroatoms. The molecule has 0 amide bonds. The van der Waals surface area contributed by atoms with Crippen LogP contribution in [-0.2, 0) is 9.53 Å². The molecule has 0 aromatic heterocycles. The molecular formula is C20H27NO3. The fourth-order valence-electron chi connectivity index (χ4n) is 3.80. The third-order valence-corrected chi connectivity index (χ3v) is 5.25. The van der Waals surface area contributed by atoms with Gasteiger partial charge in [-0.15, -0.1) is 0 Å². The molecule has 2 atom stereocenters. The van der Waals surface area contributed by atoms with Crippen LogP contribution in [0.25, 0.3) is 0 Å². The smallest absolute Gasteiger partial charge is 0.336 e. The van der Waals surface area contributed by atoms with E-state index in [2.05, 4.69) is 19.2 Å². The molecule has 3 rings (SSSR count). The number of esters is 1. The lowest BCUT2D eigenvalue weighted by Gasteiger charge is -2.45. The average molecular weight is 329 g/mol. The number of benzene rings is 1. The van der Waals surface area contributed by atoms with E-state index in [0.717, 1.165) is 41.8 Å². The van der Waals surface area contributed by atoms with Crippen LogP contribution < -0.4 is 10.1 Å². The summed E-state index contributed by atoms with van der Waals surface area (Å²) in [7, 11) is 0. The highest BCUT2D eigenvalue weighted by atomic mass is 16.5. The van der Waals surface area contributed by atoms with E-state index in [1.807, 2.05) is 38.1 Å². The fraction of sp³-hybridized carbons (Fsp3) is 0.550. The quantitative estimate of drug-likeness (QED) is 0.825. The van der Waals surface area contributed by atoms with E-state index in [9.17, 15) is 4.79 Å². The molecule has 0 saturated heterocycles. The van der Waals surface area contributed by atoms with Crippen molar-refractivity contribution < 1.29 is 14.3 Å². The zero-order chi connectivity index (χ0) is 17.3. The van der Waals surface area contributed by atoms with Gasteiger partial charge in [0, 0.05) is 23.6 Å². The Morgan fingerprint density at radius 2 is 2.08 bits per heavy atom. The number of para-hydroxylation sites is 1. The van der Waals surface area contributed by atoms with E-state index in [-0.39, 0.29) is 11.9 Å². The highest BCUT2D eigenvalue weighted by molar-refractivity contribution is 5.91. The van der Waals surface area contributed by atoms with Gasteiger partial charge in [-0.1, -0.05) is 44.9 Å². The molecule has 2 bridgehead atoms. The predicted octanol–water partition coefficient (Wildman–Crippen LogP) is 4.13. The summed E-state index contributed by atoms with van der Waals surface area (Å²) in [5.41, 5.74) is 2.21. The van der Waals surface area contributed by atoms with Crippen molar-refractivity contribution in [3.05, 3.63) is 41.1 Å². The number of nitrogens with one attached hydrogen (secondary N) is 1. The van der Waals surface area contributed by atoms with Gasteiger partial charge < -0.3 is 14.8 Å². The molecule has 0 spiro atoms. The maximum absolute atomic E-state index is 12.8. The topological polar surface area (TPSA) is 47.6 Å². The van der Waals surface area contributed by atoms with Gasteiger partial charge in [0.05, 0.1) is 12.2 Å². The summed E-state index contributed by atoms with van der Waals surface area (Å²) in [6.45, 7) is 8.73. The molecular weight excluding hydrogens is 302 g/mol. The van der Waals surface area contributed by atoms with Gasteiger partial charge in [0.15, 0.2) is 5.72 Å². The van der Waals surface area contributed by atoms with Gasteiger partial charge in [-0.25, -0.2) is 4.79 Å². The highest BCUT2D eigenvalue weighted by Crippen LogP contribution is 2.47. The van der Waals surface area contributed by atoms with Crippen LogP contribution in [0.3, 0.4) is 0 Å². The first-order chi connectivity index (χ1) is 11.5. The van der Waals surface area contributed by atoms with Crippen molar-refractivity contribution in [2.45, 2.75) is 58.6 Å². The molecule has 130 valence electrons. The van der Waals surface area contributed by atoms with E-state index in [0.29, 0.717) is 12.5 Å². The molecule has 0 saturated carbocycles. The molecule has 0 aliphatic carbocycles. The largest absolute Gasteiger partial charge is 0.468 e. The first-order valence-corrected chi connectivity index (χ1v) is 8.91. The Morgan fingerprint density at radius 1 is 1.38 bits per heavy atom. The number of fused-ring (bicyclic) bond motifs is 4. The molecule has 0 radical (unpaired) electrons. The van der Waals surface area contributed by atoms with E-state index >= 15 is 0 Å². The van der Waals surface area contributed by atoms with Crippen LogP contribution in [0.1, 0.15) is 58.4 Å². The summed E-state index contributed by atoms with van der Waals surface area (Å²) < 4.78 is 11.8. The zero-order valence-electron chi connectivity index (χ0n) is 15.0. The lowest BCUT2D eigenvalue weighted by molar-refractivity contribution is -0.141. The van der Waals surface area contributed by atoms with Crippen LogP contribution >= 0.6 is 0 Å². The van der Waals surface area contributed by atoms with Gasteiger partial charge in [0.1, 0.15) is 5.75 Å². The minimum atomic E-state index is -0.470. The normalized spacial score (nSPS) is 25.0. The van der Waals surface area contributed by atoms with Crippen LogP contribution in [0.4, 0.5) is 0 Å². The van der Waals surface area contributed by atoms with Crippen LogP contribution in [0.2, 0.25) is 0 Å². The maximum atomic E-state index is 12.8. The first kappa shape index (κ1) is 16.9. The van der Waals surface area contributed by atoms with Gasteiger partial charge in [0.25, 0.3) is 0 Å². The third kappa shape index (κ3) is 3.02. The van der Waals surface area contributed by atoms with E-state index in [1.54, 1.807) is 0 Å². The fourth-order valence-corrected chi connectivity index (χ4v) is 3.80. The monoisotopic (exact) mass is 329 g/mol. The number of carbonyl (C=O) groups excluding carboxylic acids is 1. The van der Waals surface area contributed by atoms with Gasteiger partial charge in [-0.2, -0.15) is 0 Å². The second kappa shape index (κ2) is 6.50. The summed E-state index contributed by atoms with van der Waals surface area (Å²) in [6, 6.07) is 7.97. The molecule has 2 unspecified atom stereocenters. The molecule has 2 aliphatic heterocycles. The Morgan fingerprint density at radius 3 is 2.79 bits per heavy atom. The Kier molecular flexibility index (Phi) is 4.57. The van der Waals surface area contributed by atoms with E-state index in [1.165, 1.54) is 0 Å². The second-order valence-electron chi connectivity index (χ2n) is 7.07. The van der Waals surface area contributed by atoms with Crippen molar-refractivity contribution in [2.75, 3.05) is 6.61 Å². The zero-order valence-corrected chi connectivity index (χ0v) is 15.0. The van der Waals surface area contributed by atoms with Gasteiger partial charge >= 0.3 is 5.97 Å². The van der Waals surface area contributed by atoms with Gasteiger partial charge in [-0.3, -0.25) is 0 Å². The van der Waals surface area contributed by atoms with E-state index in [4.69, 9.17) is 9.47 Å². The lowest BCUT2D eigenvalue weighted by atomic mass is 9.78. The summed E-state index contributed by atoms with van der Waals surface area (Å²) in [5.74, 6) is 1.10. The van der Waals surface area contributed by atoms with Gasteiger partial charge in [0.2, 0.25) is 0 Å². The Bertz CT molecular complexity index is 663. The molecule has 2 heterocycles. The van der Waals surface area contributed by atoms with Crippen LogP contribution in [-0.4, -0.2) is 18.3 Å². The highest BCUT2D eigenvalue weighted by Gasteiger charge is 2.45. The molecule has 1 aromatic rings. The number of hydrogen-bond acceptors (Lipinski definition) is 4. The standard InChI is InChI=1S/C20H27NO3/c1-5-14(6-2)12-23-19(22)18-13(3)21-20(4)11-16(18)15-9-7-8-10-17(15)24-20/h7-10,14,16,21H,5-6,11-12H2,1-4H3. The Balaban J connectivity index is 1.88. The number of allylic oxidation sites excluding steroid dienone is 1. The summed E-state index contributed by atoms with van der Waals surface area (Å²) >= 11 is 0. The summed E-state index contributed by atoms with van der Waals surface area (Å²) in [4.78, 5) is 12.8. The lowest BCUT2D eigenvalue weighted by Crippen LogP contribution is -2.54. The predicted molar refractivity (Wildman–Crippen MR) is 93.7 cm³/mol. The minimum Gasteiger partial charge on any atom is -0.468 e. The molecule has 1 aromatic carbocycles. The minimum absolute atomic E-state index is 0.0235. The van der Waals surface area contributed by atoms with Gasteiger partial charge in [-0.05, 0) is 25.8 Å². The first-order valence-electron chi connectivity index (χ1n) is 8.91. The molecule has 4 nitrogen and oxygen atoms in total. The summed E-state index contributed by atoms with van der Waals surface area (Å²) in [6.07, 6.45) is 2.78. The second-order valence-corrected chi connectivity index (χ2v) is 7.07. The SMILES string of the molecule is CCC(CC)COC(=O)C1=C(C)NC2(C)CC1c1ccccc1O2. The molecule has 1 N–H and O–H groups in total. The van der Waals surface area contributed by atoms with Crippen LogP contribution in [0.5, 0.6) is 5.75 Å². The van der Waals surface area contributed by atoms with Crippen molar-refractivity contribution in [1.29, 1.82) is 0 Å². The number of hydrogen-bond donors (Lipinski definition) is 1. The van der Waals surface area contributed by atoms with Crippen molar-refractivity contribution in [2.24, 2.45) is 5.92 Å². The van der Waals surface area contributed by atoms with Crippen molar-refractivity contribution in [1.82, 2.24) is 5.32 Å². The third-order valence-electron chi connectivity index (χ3n) is 5.25. The average Bonchev–Trinajstić information content (AvgIpc) is 2.54. The Labute approximate surface area is 144 Å². The maximum Gasteiger partial charge on any atom is 0.336 e. The van der Waals surface area contributed by atoms with Crippen molar-refractivity contribution >= 4 is 5.97 Å². The van der Waals surface area contributed by atoms with Crippen molar-refractivity contribution in [3.63, 3.8) is 0 Å².